The van der Waals surface area contributed by atoms with Gasteiger partial charge in [-0.2, -0.15) is 0 Å². The van der Waals surface area contributed by atoms with Crippen LogP contribution in [0.1, 0.15) is 12.5 Å². The van der Waals surface area contributed by atoms with Gasteiger partial charge in [0.2, 0.25) is 0 Å². The van der Waals surface area contributed by atoms with Crippen LogP contribution in [0.15, 0.2) is 39.8 Å². The third-order valence-corrected chi connectivity index (χ3v) is 4.79. The van der Waals surface area contributed by atoms with Crippen molar-refractivity contribution in [3.8, 4) is 5.75 Å². The van der Waals surface area contributed by atoms with E-state index in [1.807, 2.05) is 29.8 Å². The highest BCUT2D eigenvalue weighted by atomic mass is 79.9. The van der Waals surface area contributed by atoms with E-state index in [0.29, 0.717) is 12.3 Å². The number of amides is 1. The van der Waals surface area contributed by atoms with Crippen molar-refractivity contribution in [2.45, 2.75) is 19.9 Å². The Labute approximate surface area is 163 Å². The van der Waals surface area contributed by atoms with Crippen molar-refractivity contribution in [2.24, 2.45) is 5.92 Å². The Hall–Kier alpha value is -1.67. The minimum Gasteiger partial charge on any atom is -0.494 e. The van der Waals surface area contributed by atoms with Crippen molar-refractivity contribution in [1.29, 1.82) is 5.41 Å². The summed E-state index contributed by atoms with van der Waals surface area (Å²) in [4.78, 5) is 16.1. The summed E-state index contributed by atoms with van der Waals surface area (Å²) in [5.74, 6) is 0.587. The topological polar surface area (TPSA) is 80.0 Å². The van der Waals surface area contributed by atoms with Gasteiger partial charge in [0.25, 0.3) is 5.91 Å². The van der Waals surface area contributed by atoms with Crippen molar-refractivity contribution >= 4 is 43.5 Å². The molecule has 0 radical (unpaired) electrons. The molecule has 1 unspecified atom stereocenters. The van der Waals surface area contributed by atoms with Gasteiger partial charge in [0.05, 0.1) is 22.4 Å². The maximum Gasteiger partial charge on any atom is 0.265 e. The molecule has 0 saturated carbocycles. The first-order valence-corrected chi connectivity index (χ1v) is 9.32. The molecule has 0 saturated heterocycles. The SMILES string of the molecule is COc1c(Br)cc(CC(=N)C(=O)NCC(C)Cn2ccnc2)cc1Br. The summed E-state index contributed by atoms with van der Waals surface area (Å²) >= 11 is 6.86. The molecule has 1 aromatic carbocycles. The van der Waals surface area contributed by atoms with Gasteiger partial charge in [0, 0.05) is 31.9 Å². The van der Waals surface area contributed by atoms with E-state index < -0.39 is 0 Å². The van der Waals surface area contributed by atoms with Gasteiger partial charge in [-0.1, -0.05) is 6.92 Å². The second kappa shape index (κ2) is 9.15. The highest BCUT2D eigenvalue weighted by Gasteiger charge is 2.14. The second-order valence-corrected chi connectivity index (χ2v) is 7.53. The zero-order chi connectivity index (χ0) is 18.4. The Bertz CT molecular complexity index is 724. The molecule has 2 rings (SSSR count). The predicted octanol–water partition coefficient (Wildman–Crippen LogP) is 3.43. The number of nitrogens with zero attached hydrogens (tertiary/aromatic N) is 2. The van der Waals surface area contributed by atoms with Gasteiger partial charge in [-0.05, 0) is 55.5 Å². The summed E-state index contributed by atoms with van der Waals surface area (Å²) in [6.07, 6.45) is 5.62. The number of halogens is 2. The Morgan fingerprint density at radius 2 is 2.08 bits per heavy atom. The lowest BCUT2D eigenvalue weighted by Crippen LogP contribution is -2.35. The minimum atomic E-state index is -0.347. The number of rotatable bonds is 8. The number of carbonyl (C=O) groups is 1. The van der Waals surface area contributed by atoms with Crippen molar-refractivity contribution in [3.63, 3.8) is 0 Å². The van der Waals surface area contributed by atoms with Crippen LogP contribution in [0, 0.1) is 11.3 Å². The summed E-state index contributed by atoms with van der Waals surface area (Å²) < 4.78 is 8.78. The molecule has 0 aliphatic rings. The van der Waals surface area contributed by atoms with Crippen LogP contribution >= 0.6 is 31.9 Å². The Morgan fingerprint density at radius 1 is 1.40 bits per heavy atom. The van der Waals surface area contributed by atoms with Gasteiger partial charge in [-0.15, -0.1) is 0 Å². The van der Waals surface area contributed by atoms with E-state index in [1.165, 1.54) is 0 Å². The number of imidazole rings is 1. The molecular formula is C17H20Br2N4O2. The first-order valence-electron chi connectivity index (χ1n) is 7.74. The first kappa shape index (κ1) is 19.7. The molecule has 6 nitrogen and oxygen atoms in total. The number of aromatic nitrogens is 2. The van der Waals surface area contributed by atoms with E-state index >= 15 is 0 Å². The highest BCUT2D eigenvalue weighted by Crippen LogP contribution is 2.34. The van der Waals surface area contributed by atoms with Crippen LogP contribution in [0.4, 0.5) is 0 Å². The number of hydrogen-bond acceptors (Lipinski definition) is 4. The fourth-order valence-corrected chi connectivity index (χ4v) is 3.99. The number of hydrogen-bond donors (Lipinski definition) is 2. The molecule has 0 fully saturated rings. The van der Waals surface area contributed by atoms with Gasteiger partial charge >= 0.3 is 0 Å². The molecule has 0 bridgehead atoms. The largest absolute Gasteiger partial charge is 0.494 e. The fourth-order valence-electron chi connectivity index (χ4n) is 2.39. The molecule has 1 atom stereocenters. The van der Waals surface area contributed by atoms with Crippen molar-refractivity contribution in [2.75, 3.05) is 13.7 Å². The van der Waals surface area contributed by atoms with E-state index in [0.717, 1.165) is 21.1 Å². The maximum atomic E-state index is 12.1. The molecule has 134 valence electrons. The molecule has 8 heteroatoms. The van der Waals surface area contributed by atoms with Crippen molar-refractivity contribution in [1.82, 2.24) is 14.9 Å². The quantitative estimate of drug-likeness (QED) is 0.578. The molecule has 2 aromatic rings. The van der Waals surface area contributed by atoms with Crippen LogP contribution in [-0.4, -0.2) is 34.8 Å². The predicted molar refractivity (Wildman–Crippen MR) is 104 cm³/mol. The lowest BCUT2D eigenvalue weighted by atomic mass is 10.1. The van der Waals surface area contributed by atoms with Gasteiger partial charge in [0.1, 0.15) is 11.5 Å². The third kappa shape index (κ3) is 5.67. The van der Waals surface area contributed by atoms with Gasteiger partial charge in [-0.3, -0.25) is 10.2 Å². The van der Waals surface area contributed by atoms with E-state index in [4.69, 9.17) is 10.1 Å². The van der Waals surface area contributed by atoms with E-state index in [9.17, 15) is 4.79 Å². The monoisotopic (exact) mass is 470 g/mol. The van der Waals surface area contributed by atoms with Crippen molar-refractivity contribution < 1.29 is 9.53 Å². The molecule has 1 aromatic heterocycles. The molecule has 0 aliphatic carbocycles. The molecule has 2 N–H and O–H groups in total. The van der Waals surface area contributed by atoms with Gasteiger partial charge in [-0.25, -0.2) is 4.98 Å². The van der Waals surface area contributed by atoms with Crippen LogP contribution in [0.3, 0.4) is 0 Å². The molecule has 0 spiro atoms. The standard InChI is InChI=1S/C17H20Br2N4O2/c1-11(9-23-4-3-21-10-23)8-22-17(24)15(20)7-12-5-13(18)16(25-2)14(19)6-12/h3-6,10-11,20H,7-9H2,1-2H3,(H,22,24). The lowest BCUT2D eigenvalue weighted by Gasteiger charge is -2.14. The van der Waals surface area contributed by atoms with Crippen LogP contribution < -0.4 is 10.1 Å². The summed E-state index contributed by atoms with van der Waals surface area (Å²) in [5.41, 5.74) is 0.880. The summed E-state index contributed by atoms with van der Waals surface area (Å²) in [6.45, 7) is 3.32. The van der Waals surface area contributed by atoms with Crippen LogP contribution in [-0.2, 0) is 17.8 Å². The van der Waals surface area contributed by atoms with E-state index in [2.05, 4.69) is 42.2 Å². The van der Waals surface area contributed by atoms with E-state index in [1.54, 1.807) is 19.6 Å². The van der Waals surface area contributed by atoms with Crippen LogP contribution in [0.5, 0.6) is 5.75 Å². The number of methoxy groups -OCH3 is 1. The highest BCUT2D eigenvalue weighted by molar-refractivity contribution is 9.11. The Kier molecular flexibility index (Phi) is 7.19. The number of benzene rings is 1. The second-order valence-electron chi connectivity index (χ2n) is 5.82. The molecule has 25 heavy (non-hydrogen) atoms. The molecule has 1 heterocycles. The van der Waals surface area contributed by atoms with E-state index in [-0.39, 0.29) is 24.0 Å². The van der Waals surface area contributed by atoms with Gasteiger partial charge < -0.3 is 14.6 Å². The van der Waals surface area contributed by atoms with Gasteiger partial charge in [0.15, 0.2) is 0 Å². The Balaban J connectivity index is 1.87. The normalized spacial score (nSPS) is 11.8. The Morgan fingerprint density at radius 3 is 2.64 bits per heavy atom. The average Bonchev–Trinajstić information content (AvgIpc) is 3.05. The lowest BCUT2D eigenvalue weighted by molar-refractivity contribution is -0.115. The summed E-state index contributed by atoms with van der Waals surface area (Å²) in [6, 6.07) is 3.71. The average molecular weight is 472 g/mol. The maximum absolute atomic E-state index is 12.1. The zero-order valence-electron chi connectivity index (χ0n) is 14.1. The number of ether oxygens (including phenoxy) is 1. The third-order valence-electron chi connectivity index (χ3n) is 3.61. The summed E-state index contributed by atoms with van der Waals surface area (Å²) in [5, 5.41) is 10.8. The molecule has 1 amide bonds. The number of nitrogens with one attached hydrogen (secondary N) is 2. The minimum absolute atomic E-state index is 0.0267. The summed E-state index contributed by atoms with van der Waals surface area (Å²) in [7, 11) is 1.59. The zero-order valence-corrected chi connectivity index (χ0v) is 17.2. The van der Waals surface area contributed by atoms with Crippen LogP contribution in [0.25, 0.3) is 0 Å². The van der Waals surface area contributed by atoms with Crippen molar-refractivity contribution in [3.05, 3.63) is 45.4 Å². The smallest absolute Gasteiger partial charge is 0.265 e. The van der Waals surface area contributed by atoms with Crippen LogP contribution in [0.2, 0.25) is 0 Å². The first-order chi connectivity index (χ1) is 11.9. The molecular weight excluding hydrogens is 452 g/mol. The number of carbonyl (C=O) groups excluding carboxylic acids is 1. The fraction of sp³-hybridized carbons (Fsp3) is 0.353. The molecule has 0 aliphatic heterocycles.